The fourth-order valence-electron chi connectivity index (χ4n) is 7.16. The average Bonchev–Trinajstić information content (AvgIpc) is 2.95. The minimum atomic E-state index is -0.711. The summed E-state index contributed by atoms with van der Waals surface area (Å²) in [5.74, 6) is -0.109. The molecule has 2 amide bonds. The van der Waals surface area contributed by atoms with Crippen LogP contribution in [-0.4, -0.2) is 115 Å². The summed E-state index contributed by atoms with van der Waals surface area (Å²) in [6, 6.07) is 0.197. The molecule has 0 bridgehead atoms. The summed E-state index contributed by atoms with van der Waals surface area (Å²) in [4.78, 5) is 57.0. The SMILES string of the molecule is CC1(C)CC(Nc2nc(/N=C/C(N)=O)nc(NCCOCCNc3nc(/N=C/C(N)=O)nc(NC4CC(C)(C)NC(C)(C)C4)n3)n2)CC(C)(C)N1. The third-order valence-corrected chi connectivity index (χ3v) is 7.97. The number of amides is 2. The Bertz CT molecular complexity index is 1440. The number of carbonyl (C=O) groups excluding carboxylic acids is 2. The van der Waals surface area contributed by atoms with Gasteiger partial charge in [-0.1, -0.05) is 0 Å². The van der Waals surface area contributed by atoms with Gasteiger partial charge in [-0.15, -0.1) is 0 Å². The van der Waals surface area contributed by atoms with Crippen molar-refractivity contribution in [2.45, 2.75) is 115 Å². The van der Waals surface area contributed by atoms with Gasteiger partial charge in [0.25, 0.3) is 23.7 Å². The Morgan fingerprint density at radius 3 is 1.31 bits per heavy atom. The fourth-order valence-corrected chi connectivity index (χ4v) is 7.16. The van der Waals surface area contributed by atoms with E-state index in [1.807, 2.05) is 0 Å². The van der Waals surface area contributed by atoms with Crippen molar-refractivity contribution in [1.82, 2.24) is 40.5 Å². The zero-order valence-electron chi connectivity index (χ0n) is 30.9. The van der Waals surface area contributed by atoms with Crippen molar-refractivity contribution >= 4 is 59.9 Å². The van der Waals surface area contributed by atoms with Gasteiger partial charge in [-0.25, -0.2) is 9.98 Å². The first-order valence-corrected chi connectivity index (χ1v) is 17.1. The lowest BCUT2D eigenvalue weighted by Crippen LogP contribution is -2.60. The number of hydrogen-bond acceptors (Lipinski definition) is 17. The van der Waals surface area contributed by atoms with Crippen LogP contribution in [0.4, 0.5) is 35.7 Å². The Morgan fingerprint density at radius 1 is 0.647 bits per heavy atom. The summed E-state index contributed by atoms with van der Waals surface area (Å²) in [5, 5.41) is 20.4. The van der Waals surface area contributed by atoms with Gasteiger partial charge >= 0.3 is 0 Å². The molecule has 51 heavy (non-hydrogen) atoms. The van der Waals surface area contributed by atoms with Crippen molar-refractivity contribution in [3.63, 3.8) is 0 Å². The maximum absolute atomic E-state index is 11.3. The molecule has 0 atom stereocenters. The Labute approximate surface area is 298 Å². The first kappa shape index (κ1) is 39.2. The molecule has 4 rings (SSSR count). The molecule has 19 nitrogen and oxygen atoms in total. The van der Waals surface area contributed by atoms with Crippen molar-refractivity contribution in [3.8, 4) is 0 Å². The number of nitrogens with one attached hydrogen (secondary N) is 6. The smallest absolute Gasteiger partial charge is 0.259 e. The predicted octanol–water partition coefficient (Wildman–Crippen LogP) is 1.41. The maximum atomic E-state index is 11.3. The summed E-state index contributed by atoms with van der Waals surface area (Å²) in [7, 11) is 0. The van der Waals surface area contributed by atoms with Crippen LogP contribution in [0.1, 0.15) is 81.1 Å². The number of piperidine rings is 2. The van der Waals surface area contributed by atoms with E-state index in [-0.39, 0.29) is 58.0 Å². The maximum Gasteiger partial charge on any atom is 0.259 e. The molecule has 280 valence electrons. The number of nitrogens with two attached hydrogens (primary N) is 2. The van der Waals surface area contributed by atoms with Gasteiger partial charge in [0.1, 0.15) is 0 Å². The molecular formula is C32H54N16O3. The average molecular weight is 711 g/mol. The fraction of sp³-hybridized carbons (Fsp3) is 0.688. The number of aromatic nitrogens is 6. The quantitative estimate of drug-likeness (QED) is 0.0904. The highest BCUT2D eigenvalue weighted by Gasteiger charge is 2.39. The van der Waals surface area contributed by atoms with Gasteiger partial charge in [0.05, 0.1) is 25.6 Å². The second kappa shape index (κ2) is 16.2. The zero-order valence-corrected chi connectivity index (χ0v) is 30.9. The summed E-state index contributed by atoms with van der Waals surface area (Å²) in [6.07, 6.45) is 5.33. The molecule has 2 aliphatic heterocycles. The normalized spacial score (nSPS) is 19.9. The minimum Gasteiger partial charge on any atom is -0.378 e. The lowest BCUT2D eigenvalue weighted by Gasteiger charge is -2.46. The summed E-state index contributed by atoms with van der Waals surface area (Å²) in [6.45, 7) is 18.7. The van der Waals surface area contributed by atoms with Crippen molar-refractivity contribution in [2.75, 3.05) is 47.6 Å². The number of hydrogen-bond donors (Lipinski definition) is 8. The lowest BCUT2D eigenvalue weighted by atomic mass is 9.79. The van der Waals surface area contributed by atoms with E-state index in [2.05, 4.69) is 127 Å². The molecule has 2 aromatic heterocycles. The number of aliphatic imine (C=N–C) groups is 2. The van der Waals surface area contributed by atoms with Crippen molar-refractivity contribution in [3.05, 3.63) is 0 Å². The Kier molecular flexibility index (Phi) is 12.4. The number of rotatable bonds is 16. The molecule has 0 radical (unpaired) electrons. The molecule has 0 saturated carbocycles. The van der Waals surface area contributed by atoms with Gasteiger partial charge in [-0.2, -0.15) is 29.9 Å². The highest BCUT2D eigenvalue weighted by atomic mass is 16.5. The Hall–Kier alpha value is -4.62. The highest BCUT2D eigenvalue weighted by Crippen LogP contribution is 2.31. The number of ether oxygens (including phenoxy) is 1. The van der Waals surface area contributed by atoms with Gasteiger partial charge in [0, 0.05) is 47.3 Å². The molecule has 2 aromatic rings. The molecule has 2 aliphatic rings. The van der Waals surface area contributed by atoms with Gasteiger partial charge in [0.2, 0.25) is 23.8 Å². The van der Waals surface area contributed by atoms with E-state index in [9.17, 15) is 9.59 Å². The number of nitrogens with zero attached hydrogens (tertiary/aromatic N) is 8. The molecule has 4 heterocycles. The first-order chi connectivity index (χ1) is 23.8. The van der Waals surface area contributed by atoms with E-state index in [1.54, 1.807) is 0 Å². The second-order valence-electron chi connectivity index (χ2n) is 15.6. The second-order valence-corrected chi connectivity index (χ2v) is 15.6. The third-order valence-electron chi connectivity index (χ3n) is 7.97. The van der Waals surface area contributed by atoms with Crippen LogP contribution < -0.4 is 43.4 Å². The van der Waals surface area contributed by atoms with E-state index in [4.69, 9.17) is 16.2 Å². The molecule has 2 fully saturated rings. The summed E-state index contributed by atoms with van der Waals surface area (Å²) < 4.78 is 5.80. The molecule has 0 spiro atoms. The largest absolute Gasteiger partial charge is 0.378 e. The molecule has 2 saturated heterocycles. The molecule has 0 aromatic carbocycles. The van der Waals surface area contributed by atoms with Crippen molar-refractivity contribution in [1.29, 1.82) is 0 Å². The lowest BCUT2D eigenvalue weighted by molar-refractivity contribution is -0.112. The Balaban J connectivity index is 1.32. The third kappa shape index (κ3) is 13.6. The van der Waals surface area contributed by atoms with Gasteiger partial charge in [-0.3, -0.25) is 9.59 Å². The molecule has 0 aliphatic carbocycles. The standard InChI is InChI=1S/C32H54N16O3/c1-29(2)13-19(14-30(3,4)47-29)39-27-43-23(41-25(45-27)37-17-21(33)49)35-9-11-51-12-10-36-24-42-26(38-18-22(34)50)46-28(44-24)40-20-15-31(5,6)48-32(7,8)16-20/h17-20,47-48H,9-16H2,1-8H3,(H2,33,49)(H2,34,50)(H2,35,39,41,43,45)(H2,36,40,42,44,46)/b37-17+,38-18+. The van der Waals surface area contributed by atoms with Gasteiger partial charge in [-0.05, 0) is 81.1 Å². The van der Waals surface area contributed by atoms with Gasteiger partial charge < -0.3 is 48.1 Å². The first-order valence-electron chi connectivity index (χ1n) is 17.1. The van der Waals surface area contributed by atoms with Crippen LogP contribution >= 0.6 is 0 Å². The van der Waals surface area contributed by atoms with E-state index < -0.39 is 11.8 Å². The predicted molar refractivity (Wildman–Crippen MR) is 198 cm³/mol. The van der Waals surface area contributed by atoms with Crippen LogP contribution in [0.2, 0.25) is 0 Å². The number of anilines is 4. The highest BCUT2D eigenvalue weighted by molar-refractivity contribution is 6.26. The van der Waals surface area contributed by atoms with Crippen LogP contribution in [0.5, 0.6) is 0 Å². The molecule has 10 N–H and O–H groups in total. The topological polar surface area (TPSA) is 270 Å². The van der Waals surface area contributed by atoms with Crippen LogP contribution in [0, 0.1) is 0 Å². The number of primary amides is 2. The molecule has 0 unspecified atom stereocenters. The van der Waals surface area contributed by atoms with E-state index >= 15 is 0 Å². The summed E-state index contributed by atoms with van der Waals surface area (Å²) >= 11 is 0. The van der Waals surface area contributed by atoms with E-state index in [1.165, 1.54) is 0 Å². The van der Waals surface area contributed by atoms with E-state index in [0.717, 1.165) is 38.1 Å². The monoisotopic (exact) mass is 710 g/mol. The zero-order chi connectivity index (χ0) is 37.5. The van der Waals surface area contributed by atoms with Crippen molar-refractivity contribution < 1.29 is 14.3 Å². The Morgan fingerprint density at radius 2 is 0.980 bits per heavy atom. The summed E-state index contributed by atoms with van der Waals surface area (Å²) in [5.41, 5.74) is 10.1. The number of carbonyl (C=O) groups is 2. The molecular weight excluding hydrogens is 656 g/mol. The van der Waals surface area contributed by atoms with Crippen LogP contribution in [-0.2, 0) is 14.3 Å². The van der Waals surface area contributed by atoms with Gasteiger partial charge in [0.15, 0.2) is 0 Å². The molecule has 19 heteroatoms. The van der Waals surface area contributed by atoms with Crippen LogP contribution in [0.15, 0.2) is 9.98 Å². The van der Waals surface area contributed by atoms with Crippen LogP contribution in [0.3, 0.4) is 0 Å². The van der Waals surface area contributed by atoms with Crippen molar-refractivity contribution in [2.24, 2.45) is 21.5 Å². The van der Waals surface area contributed by atoms with E-state index in [0.29, 0.717) is 38.2 Å². The minimum absolute atomic E-state index is 0.0460. The van der Waals surface area contributed by atoms with Crippen LogP contribution in [0.25, 0.3) is 0 Å².